The molecule has 1 N–H and O–H groups in total. The molecule has 3 heteroatoms. The molecular weight excluding hydrogens is 258 g/mol. The molecule has 0 radical (unpaired) electrons. The molecule has 2 aliphatic heterocycles. The van der Waals surface area contributed by atoms with Gasteiger partial charge in [-0.3, -0.25) is 9.88 Å². The first-order valence-electron chi connectivity index (χ1n) is 8.10. The molecule has 2 fully saturated rings. The van der Waals surface area contributed by atoms with Gasteiger partial charge in [-0.05, 0) is 62.0 Å². The smallest absolute Gasteiger partial charge is 0.0702 e. The van der Waals surface area contributed by atoms with Gasteiger partial charge < -0.3 is 5.32 Å². The van der Waals surface area contributed by atoms with E-state index in [2.05, 4.69) is 51.7 Å². The number of likely N-dealkylation sites (tertiary alicyclic amines) is 1. The third kappa shape index (κ3) is 2.68. The van der Waals surface area contributed by atoms with Gasteiger partial charge in [-0.1, -0.05) is 18.2 Å². The second-order valence-electron chi connectivity index (χ2n) is 6.75. The molecule has 110 valence electrons. The van der Waals surface area contributed by atoms with Gasteiger partial charge in [0.1, 0.15) is 0 Å². The van der Waals surface area contributed by atoms with E-state index in [1.165, 1.54) is 56.4 Å². The summed E-state index contributed by atoms with van der Waals surface area (Å²) in [7, 11) is 0. The average molecular weight is 281 g/mol. The number of rotatable bonds is 2. The number of benzene rings is 1. The molecule has 0 bridgehead atoms. The summed E-state index contributed by atoms with van der Waals surface area (Å²) in [5.41, 5.74) is 3.03. The van der Waals surface area contributed by atoms with Crippen LogP contribution < -0.4 is 5.32 Å². The van der Waals surface area contributed by atoms with E-state index in [4.69, 9.17) is 0 Å². The van der Waals surface area contributed by atoms with Crippen LogP contribution in [0.2, 0.25) is 0 Å². The number of piperidine rings is 1. The van der Waals surface area contributed by atoms with Gasteiger partial charge in [-0.25, -0.2) is 0 Å². The Balaban J connectivity index is 1.48. The van der Waals surface area contributed by atoms with Gasteiger partial charge in [0.25, 0.3) is 0 Å². The number of hydrogen-bond acceptors (Lipinski definition) is 3. The molecule has 1 aromatic carbocycles. The minimum absolute atomic E-state index is 0.593. The van der Waals surface area contributed by atoms with Crippen molar-refractivity contribution in [3.8, 4) is 0 Å². The van der Waals surface area contributed by atoms with E-state index in [1.54, 1.807) is 0 Å². The Hall–Kier alpha value is -1.45. The average Bonchev–Trinajstić information content (AvgIpc) is 2.90. The SMILES string of the molecule is c1ccc2ncc(CN3CCC4(CCNCC4)C3)cc2c1. The monoisotopic (exact) mass is 281 g/mol. The standard InChI is InChI=1S/C18H23N3/c1-2-4-17-16(3-1)11-15(12-20-17)13-21-10-7-18(14-21)5-8-19-9-6-18/h1-4,11-12,19H,5-10,13-14H2. The van der Waals surface area contributed by atoms with E-state index in [0.29, 0.717) is 5.41 Å². The molecule has 0 amide bonds. The highest BCUT2D eigenvalue weighted by molar-refractivity contribution is 5.78. The summed E-state index contributed by atoms with van der Waals surface area (Å²) in [6, 6.07) is 10.7. The molecule has 1 spiro atoms. The van der Waals surface area contributed by atoms with Crippen LogP contribution in [0.15, 0.2) is 36.5 Å². The molecule has 21 heavy (non-hydrogen) atoms. The van der Waals surface area contributed by atoms with Gasteiger partial charge >= 0.3 is 0 Å². The van der Waals surface area contributed by atoms with Crippen molar-refractivity contribution in [2.45, 2.75) is 25.8 Å². The summed E-state index contributed by atoms with van der Waals surface area (Å²) >= 11 is 0. The van der Waals surface area contributed by atoms with Crippen LogP contribution in [0.1, 0.15) is 24.8 Å². The van der Waals surface area contributed by atoms with Crippen molar-refractivity contribution in [2.75, 3.05) is 26.2 Å². The van der Waals surface area contributed by atoms with Crippen LogP contribution >= 0.6 is 0 Å². The first kappa shape index (κ1) is 13.2. The van der Waals surface area contributed by atoms with E-state index in [-0.39, 0.29) is 0 Å². The fraction of sp³-hybridized carbons (Fsp3) is 0.500. The van der Waals surface area contributed by atoms with Crippen LogP contribution in [-0.4, -0.2) is 36.1 Å². The van der Waals surface area contributed by atoms with Gasteiger partial charge in [-0.15, -0.1) is 0 Å². The molecule has 0 saturated carbocycles. The first-order valence-corrected chi connectivity index (χ1v) is 8.10. The lowest BCUT2D eigenvalue weighted by Crippen LogP contribution is -2.38. The molecular formula is C18H23N3. The lowest BCUT2D eigenvalue weighted by Gasteiger charge is -2.33. The minimum atomic E-state index is 0.593. The zero-order valence-corrected chi connectivity index (χ0v) is 12.5. The van der Waals surface area contributed by atoms with Crippen LogP contribution in [0.5, 0.6) is 0 Å². The predicted molar refractivity (Wildman–Crippen MR) is 86.2 cm³/mol. The summed E-state index contributed by atoms with van der Waals surface area (Å²) in [5, 5.41) is 4.75. The third-order valence-electron chi connectivity index (χ3n) is 5.23. The Kier molecular flexibility index (Phi) is 3.40. The van der Waals surface area contributed by atoms with Crippen LogP contribution in [0.3, 0.4) is 0 Å². The van der Waals surface area contributed by atoms with Crippen molar-refractivity contribution in [3.63, 3.8) is 0 Å². The molecule has 4 rings (SSSR count). The number of pyridine rings is 1. The van der Waals surface area contributed by atoms with E-state index in [0.717, 1.165) is 12.1 Å². The van der Waals surface area contributed by atoms with Crippen molar-refractivity contribution >= 4 is 10.9 Å². The molecule has 2 aliphatic rings. The van der Waals surface area contributed by atoms with Crippen LogP contribution in [0, 0.1) is 5.41 Å². The van der Waals surface area contributed by atoms with Crippen molar-refractivity contribution in [2.24, 2.45) is 5.41 Å². The van der Waals surface area contributed by atoms with Gasteiger partial charge in [0.05, 0.1) is 5.52 Å². The Morgan fingerprint density at radius 1 is 1.14 bits per heavy atom. The molecule has 3 heterocycles. The summed E-state index contributed by atoms with van der Waals surface area (Å²) in [5.74, 6) is 0. The highest BCUT2D eigenvalue weighted by atomic mass is 15.2. The topological polar surface area (TPSA) is 28.2 Å². The minimum Gasteiger partial charge on any atom is -0.317 e. The highest BCUT2D eigenvalue weighted by Crippen LogP contribution is 2.39. The summed E-state index contributed by atoms with van der Waals surface area (Å²) in [6.07, 6.45) is 6.12. The maximum atomic E-state index is 4.59. The third-order valence-corrected chi connectivity index (χ3v) is 5.23. The maximum Gasteiger partial charge on any atom is 0.0702 e. The highest BCUT2D eigenvalue weighted by Gasteiger charge is 2.38. The Morgan fingerprint density at radius 2 is 2.00 bits per heavy atom. The number of para-hydroxylation sites is 1. The Labute approximate surface area is 126 Å². The second kappa shape index (κ2) is 5.39. The number of nitrogens with one attached hydrogen (secondary N) is 1. The summed E-state index contributed by atoms with van der Waals surface area (Å²) in [4.78, 5) is 7.21. The molecule has 2 saturated heterocycles. The zero-order valence-electron chi connectivity index (χ0n) is 12.5. The van der Waals surface area contributed by atoms with Gasteiger partial charge in [-0.2, -0.15) is 0 Å². The normalized spacial score (nSPS) is 22.1. The fourth-order valence-corrected chi connectivity index (χ4v) is 3.99. The number of aromatic nitrogens is 1. The van der Waals surface area contributed by atoms with E-state index >= 15 is 0 Å². The fourth-order valence-electron chi connectivity index (χ4n) is 3.99. The van der Waals surface area contributed by atoms with Crippen LogP contribution in [0.25, 0.3) is 10.9 Å². The zero-order chi connectivity index (χ0) is 14.1. The molecule has 0 atom stereocenters. The molecule has 2 aromatic rings. The van der Waals surface area contributed by atoms with Crippen LogP contribution in [0.4, 0.5) is 0 Å². The van der Waals surface area contributed by atoms with E-state index in [1.807, 2.05) is 0 Å². The van der Waals surface area contributed by atoms with Gasteiger partial charge in [0, 0.05) is 24.7 Å². The quantitative estimate of drug-likeness (QED) is 0.917. The van der Waals surface area contributed by atoms with Crippen molar-refractivity contribution < 1.29 is 0 Å². The second-order valence-corrected chi connectivity index (χ2v) is 6.75. The van der Waals surface area contributed by atoms with Gasteiger partial charge in [0.2, 0.25) is 0 Å². The summed E-state index contributed by atoms with van der Waals surface area (Å²) in [6.45, 7) is 5.96. The van der Waals surface area contributed by atoms with Crippen molar-refractivity contribution in [3.05, 3.63) is 42.1 Å². The van der Waals surface area contributed by atoms with Crippen molar-refractivity contribution in [1.82, 2.24) is 15.2 Å². The lowest BCUT2D eigenvalue weighted by atomic mass is 9.78. The predicted octanol–water partition coefficient (Wildman–Crippen LogP) is 2.81. The van der Waals surface area contributed by atoms with E-state index < -0.39 is 0 Å². The summed E-state index contributed by atoms with van der Waals surface area (Å²) < 4.78 is 0. The van der Waals surface area contributed by atoms with Crippen LogP contribution in [-0.2, 0) is 6.54 Å². The number of nitrogens with zero attached hydrogens (tertiary/aromatic N) is 2. The van der Waals surface area contributed by atoms with E-state index in [9.17, 15) is 0 Å². The first-order chi connectivity index (χ1) is 10.3. The molecule has 0 unspecified atom stereocenters. The molecule has 1 aromatic heterocycles. The largest absolute Gasteiger partial charge is 0.317 e. The van der Waals surface area contributed by atoms with Crippen molar-refractivity contribution in [1.29, 1.82) is 0 Å². The number of hydrogen-bond donors (Lipinski definition) is 1. The van der Waals surface area contributed by atoms with Gasteiger partial charge in [0.15, 0.2) is 0 Å². The number of fused-ring (bicyclic) bond motifs is 1. The lowest BCUT2D eigenvalue weighted by molar-refractivity contribution is 0.194. The molecule has 0 aliphatic carbocycles. The maximum absolute atomic E-state index is 4.59. The molecule has 3 nitrogen and oxygen atoms in total. The Bertz CT molecular complexity index is 631. The Morgan fingerprint density at radius 3 is 2.90 bits per heavy atom.